The van der Waals surface area contributed by atoms with Gasteiger partial charge >= 0.3 is 0 Å². The third kappa shape index (κ3) is 3.19. The van der Waals surface area contributed by atoms with Crippen LogP contribution in [-0.2, 0) is 6.54 Å². The van der Waals surface area contributed by atoms with Crippen LogP contribution in [0.25, 0.3) is 0 Å². The van der Waals surface area contributed by atoms with Crippen LogP contribution in [0.5, 0.6) is 0 Å². The summed E-state index contributed by atoms with van der Waals surface area (Å²) in [7, 11) is 2.12. The van der Waals surface area contributed by atoms with Crippen molar-refractivity contribution in [3.8, 4) is 0 Å². The summed E-state index contributed by atoms with van der Waals surface area (Å²) in [5.74, 6) is 0. The standard InChI is InChI=1S/C12H16BrN3S2/c1-8-12(18-7-15-8)5-16(2)10(4-14)11-3-9(13)6-17-11/h3,6-7,10H,4-5,14H2,1-2H3. The highest BCUT2D eigenvalue weighted by atomic mass is 79.9. The van der Waals surface area contributed by atoms with Crippen LogP contribution in [0.3, 0.4) is 0 Å². The quantitative estimate of drug-likeness (QED) is 0.902. The van der Waals surface area contributed by atoms with Crippen LogP contribution in [-0.4, -0.2) is 23.5 Å². The van der Waals surface area contributed by atoms with Crippen molar-refractivity contribution in [3.05, 3.63) is 36.9 Å². The number of thiophene rings is 1. The van der Waals surface area contributed by atoms with Gasteiger partial charge in [-0.25, -0.2) is 4.98 Å². The van der Waals surface area contributed by atoms with Crippen LogP contribution in [0.2, 0.25) is 0 Å². The number of halogens is 1. The lowest BCUT2D eigenvalue weighted by atomic mass is 10.2. The maximum absolute atomic E-state index is 5.92. The molecule has 2 heterocycles. The van der Waals surface area contributed by atoms with Crippen molar-refractivity contribution < 1.29 is 0 Å². The minimum Gasteiger partial charge on any atom is -0.329 e. The molecule has 0 amide bonds. The highest BCUT2D eigenvalue weighted by molar-refractivity contribution is 9.10. The van der Waals surface area contributed by atoms with E-state index in [-0.39, 0.29) is 6.04 Å². The molecule has 98 valence electrons. The van der Waals surface area contributed by atoms with Gasteiger partial charge in [0, 0.05) is 32.7 Å². The van der Waals surface area contributed by atoms with E-state index in [0.29, 0.717) is 6.54 Å². The molecule has 0 saturated carbocycles. The molecule has 18 heavy (non-hydrogen) atoms. The monoisotopic (exact) mass is 345 g/mol. The molecule has 0 radical (unpaired) electrons. The molecule has 0 aliphatic heterocycles. The fourth-order valence-corrected chi connectivity index (χ4v) is 4.29. The normalized spacial score (nSPS) is 13.2. The van der Waals surface area contributed by atoms with Gasteiger partial charge in [0.2, 0.25) is 0 Å². The summed E-state index contributed by atoms with van der Waals surface area (Å²) in [6.45, 7) is 3.58. The van der Waals surface area contributed by atoms with Gasteiger partial charge in [-0.2, -0.15) is 0 Å². The lowest BCUT2D eigenvalue weighted by molar-refractivity contribution is 0.246. The molecule has 0 bridgehead atoms. The van der Waals surface area contributed by atoms with E-state index in [9.17, 15) is 0 Å². The third-order valence-electron chi connectivity index (χ3n) is 2.91. The number of likely N-dealkylation sites (N-methyl/N-ethyl adjacent to an activating group) is 1. The first kappa shape index (κ1) is 14.1. The fraction of sp³-hybridized carbons (Fsp3) is 0.417. The average Bonchev–Trinajstić information content (AvgIpc) is 2.91. The van der Waals surface area contributed by atoms with Gasteiger partial charge in [0.05, 0.1) is 17.2 Å². The first-order valence-electron chi connectivity index (χ1n) is 5.65. The number of thiazole rings is 1. The first-order chi connectivity index (χ1) is 8.61. The smallest absolute Gasteiger partial charge is 0.0798 e. The Balaban J connectivity index is 2.11. The lowest BCUT2D eigenvalue weighted by Gasteiger charge is -2.25. The molecule has 6 heteroatoms. The molecule has 0 aromatic carbocycles. The molecule has 0 spiro atoms. The number of aromatic nitrogens is 1. The predicted molar refractivity (Wildman–Crippen MR) is 82.1 cm³/mol. The molecule has 1 unspecified atom stereocenters. The Kier molecular flexibility index (Phi) is 4.91. The highest BCUT2D eigenvalue weighted by Gasteiger charge is 2.18. The fourth-order valence-electron chi connectivity index (χ4n) is 1.83. The summed E-state index contributed by atoms with van der Waals surface area (Å²) in [4.78, 5) is 9.19. The average molecular weight is 346 g/mol. The maximum atomic E-state index is 5.92. The molecule has 2 aromatic heterocycles. The van der Waals surface area contributed by atoms with Crippen molar-refractivity contribution >= 4 is 38.6 Å². The van der Waals surface area contributed by atoms with Crippen LogP contribution in [0.4, 0.5) is 0 Å². The highest BCUT2D eigenvalue weighted by Crippen LogP contribution is 2.29. The van der Waals surface area contributed by atoms with Crippen LogP contribution < -0.4 is 5.73 Å². The van der Waals surface area contributed by atoms with E-state index < -0.39 is 0 Å². The van der Waals surface area contributed by atoms with Crippen molar-refractivity contribution in [1.82, 2.24) is 9.88 Å². The van der Waals surface area contributed by atoms with Crippen molar-refractivity contribution in [1.29, 1.82) is 0 Å². The van der Waals surface area contributed by atoms with Crippen molar-refractivity contribution in [2.45, 2.75) is 19.5 Å². The minimum atomic E-state index is 0.266. The van der Waals surface area contributed by atoms with Gasteiger partial charge in [-0.1, -0.05) is 0 Å². The Morgan fingerprint density at radius 3 is 2.78 bits per heavy atom. The molecule has 3 nitrogen and oxygen atoms in total. The number of aryl methyl sites for hydroxylation is 1. The topological polar surface area (TPSA) is 42.2 Å². The molecule has 0 fully saturated rings. The number of nitrogens with two attached hydrogens (primary N) is 1. The molecule has 0 saturated heterocycles. The summed E-state index contributed by atoms with van der Waals surface area (Å²) in [5.41, 5.74) is 8.94. The second kappa shape index (κ2) is 6.25. The zero-order valence-corrected chi connectivity index (χ0v) is 13.6. The zero-order valence-electron chi connectivity index (χ0n) is 10.4. The van der Waals surface area contributed by atoms with Crippen molar-refractivity contribution in [2.24, 2.45) is 5.73 Å². The molecule has 0 aliphatic rings. The molecule has 1 atom stereocenters. The number of hydrogen-bond acceptors (Lipinski definition) is 5. The Morgan fingerprint density at radius 1 is 1.50 bits per heavy atom. The van der Waals surface area contributed by atoms with E-state index in [1.54, 1.807) is 22.7 Å². The van der Waals surface area contributed by atoms with Gasteiger partial charge in [0.25, 0.3) is 0 Å². The van der Waals surface area contributed by atoms with Gasteiger partial charge in [-0.15, -0.1) is 22.7 Å². The van der Waals surface area contributed by atoms with Gasteiger partial charge in [0.15, 0.2) is 0 Å². The third-order valence-corrected chi connectivity index (χ3v) is 5.62. The molecular weight excluding hydrogens is 330 g/mol. The van der Waals surface area contributed by atoms with Crippen molar-refractivity contribution in [3.63, 3.8) is 0 Å². The van der Waals surface area contributed by atoms with E-state index in [4.69, 9.17) is 5.73 Å². The SMILES string of the molecule is Cc1ncsc1CN(C)C(CN)c1cc(Br)cs1. The maximum Gasteiger partial charge on any atom is 0.0798 e. The minimum absolute atomic E-state index is 0.266. The molecular formula is C12H16BrN3S2. The van der Waals surface area contributed by atoms with Gasteiger partial charge in [-0.3, -0.25) is 4.90 Å². The second-order valence-corrected chi connectivity index (χ2v) is 6.99. The summed E-state index contributed by atoms with van der Waals surface area (Å²) in [6.07, 6.45) is 0. The molecule has 0 aliphatic carbocycles. The van der Waals surface area contributed by atoms with E-state index in [0.717, 1.165) is 16.7 Å². The van der Waals surface area contributed by atoms with E-state index in [1.807, 2.05) is 5.51 Å². The Morgan fingerprint density at radius 2 is 2.28 bits per heavy atom. The van der Waals surface area contributed by atoms with Crippen LogP contribution in [0.1, 0.15) is 21.5 Å². The van der Waals surface area contributed by atoms with E-state index in [1.165, 1.54) is 9.75 Å². The molecule has 2 aromatic rings. The van der Waals surface area contributed by atoms with Crippen molar-refractivity contribution in [2.75, 3.05) is 13.6 Å². The molecule has 2 N–H and O–H groups in total. The summed E-state index contributed by atoms with van der Waals surface area (Å²) in [6, 6.07) is 2.42. The Bertz CT molecular complexity index is 509. The lowest BCUT2D eigenvalue weighted by Crippen LogP contribution is -2.29. The molecule has 2 rings (SSSR count). The van der Waals surface area contributed by atoms with Crippen LogP contribution >= 0.6 is 38.6 Å². The summed E-state index contributed by atoms with van der Waals surface area (Å²) in [5, 5.41) is 2.10. The van der Waals surface area contributed by atoms with Gasteiger partial charge in [0.1, 0.15) is 0 Å². The van der Waals surface area contributed by atoms with Crippen LogP contribution in [0, 0.1) is 6.92 Å². The summed E-state index contributed by atoms with van der Waals surface area (Å²) >= 11 is 6.95. The summed E-state index contributed by atoms with van der Waals surface area (Å²) < 4.78 is 1.13. The number of nitrogens with zero attached hydrogens (tertiary/aromatic N) is 2. The van der Waals surface area contributed by atoms with E-state index >= 15 is 0 Å². The largest absolute Gasteiger partial charge is 0.329 e. The zero-order chi connectivity index (χ0) is 13.1. The second-order valence-electron chi connectivity index (χ2n) is 4.19. The van der Waals surface area contributed by atoms with E-state index in [2.05, 4.69) is 51.2 Å². The van der Waals surface area contributed by atoms with Gasteiger partial charge < -0.3 is 5.73 Å². The number of hydrogen-bond donors (Lipinski definition) is 1. The Labute approximate surface area is 124 Å². The van der Waals surface area contributed by atoms with Gasteiger partial charge in [-0.05, 0) is 36.0 Å². The Hall–Kier alpha value is -0.270. The predicted octanol–water partition coefficient (Wildman–Crippen LogP) is 3.41. The van der Waals surface area contributed by atoms with Crippen LogP contribution in [0.15, 0.2) is 21.4 Å². The number of rotatable bonds is 5. The first-order valence-corrected chi connectivity index (χ1v) is 8.20.